The van der Waals surface area contributed by atoms with E-state index in [1.54, 1.807) is 13.0 Å². The molecule has 2 aromatic heterocycles. The number of nitrogens with one attached hydrogen (secondary N) is 2. The van der Waals surface area contributed by atoms with Crippen LogP contribution in [0.2, 0.25) is 0 Å². The van der Waals surface area contributed by atoms with Gasteiger partial charge >= 0.3 is 6.09 Å². The number of alkyl carbamates (subject to hydrolysis) is 1. The highest BCUT2D eigenvalue weighted by atomic mass is 16.6. The fourth-order valence-electron chi connectivity index (χ4n) is 4.36. The Bertz CT molecular complexity index is 1360. The highest BCUT2D eigenvalue weighted by Crippen LogP contribution is 2.29. The van der Waals surface area contributed by atoms with Gasteiger partial charge < -0.3 is 29.5 Å². The van der Waals surface area contributed by atoms with Gasteiger partial charge in [-0.1, -0.05) is 12.2 Å². The van der Waals surface area contributed by atoms with Crippen LogP contribution in [0.3, 0.4) is 0 Å². The van der Waals surface area contributed by atoms with Crippen molar-refractivity contribution in [3.05, 3.63) is 47.0 Å². The lowest BCUT2D eigenvalue weighted by molar-refractivity contribution is 0.0343. The molecule has 12 heteroatoms. The molecule has 39 heavy (non-hydrogen) atoms. The highest BCUT2D eigenvalue weighted by molar-refractivity contribution is 5.98. The number of nitrogens with zero attached hydrogens (tertiary/aromatic N) is 4. The summed E-state index contributed by atoms with van der Waals surface area (Å²) in [5, 5.41) is 5.99. The van der Waals surface area contributed by atoms with Gasteiger partial charge in [-0.3, -0.25) is 15.0 Å². The summed E-state index contributed by atoms with van der Waals surface area (Å²) in [5.41, 5.74) is 8.63. The Morgan fingerprint density at radius 3 is 2.54 bits per heavy atom. The minimum Gasteiger partial charge on any atom is -0.444 e. The average molecular weight is 540 g/mol. The van der Waals surface area contributed by atoms with Crippen LogP contribution in [0.4, 0.5) is 16.6 Å². The van der Waals surface area contributed by atoms with Gasteiger partial charge in [-0.05, 0) is 45.4 Å². The van der Waals surface area contributed by atoms with Crippen molar-refractivity contribution >= 4 is 34.9 Å². The van der Waals surface area contributed by atoms with Crippen LogP contribution in [-0.4, -0.2) is 69.9 Å². The van der Waals surface area contributed by atoms with Crippen LogP contribution >= 0.6 is 0 Å². The first-order valence-corrected chi connectivity index (χ1v) is 13.0. The maximum absolute atomic E-state index is 12.2. The molecule has 0 atom stereocenters. The van der Waals surface area contributed by atoms with Gasteiger partial charge in [0.1, 0.15) is 11.3 Å². The van der Waals surface area contributed by atoms with Gasteiger partial charge in [-0.15, -0.1) is 0 Å². The van der Waals surface area contributed by atoms with Gasteiger partial charge in [-0.25, -0.2) is 14.8 Å². The van der Waals surface area contributed by atoms with Gasteiger partial charge in [0.15, 0.2) is 5.89 Å². The van der Waals surface area contributed by atoms with E-state index in [1.165, 1.54) is 0 Å². The van der Waals surface area contributed by atoms with Crippen molar-refractivity contribution < 1.29 is 23.5 Å². The summed E-state index contributed by atoms with van der Waals surface area (Å²) in [5.74, 6) is 1.04. The molecule has 1 aromatic carbocycles. The minimum absolute atomic E-state index is 0.303. The largest absolute Gasteiger partial charge is 0.444 e. The average Bonchev–Trinajstić information content (AvgIpc) is 3.36. The minimum atomic E-state index is -0.568. The van der Waals surface area contributed by atoms with E-state index in [1.807, 2.05) is 50.5 Å². The Morgan fingerprint density at radius 2 is 1.90 bits per heavy atom. The predicted molar refractivity (Wildman–Crippen MR) is 147 cm³/mol. The maximum atomic E-state index is 12.2. The summed E-state index contributed by atoms with van der Waals surface area (Å²) >= 11 is 0. The molecule has 1 aliphatic rings. The molecule has 3 aromatic rings. The summed E-state index contributed by atoms with van der Waals surface area (Å²) in [6.45, 7) is 13.3. The first kappa shape index (κ1) is 28.1. The number of anilines is 2. The smallest absolute Gasteiger partial charge is 0.407 e. The van der Waals surface area contributed by atoms with E-state index in [0.717, 1.165) is 24.2 Å². The Kier molecular flexibility index (Phi) is 8.56. The maximum Gasteiger partial charge on any atom is 0.407 e. The highest BCUT2D eigenvalue weighted by Gasteiger charge is 2.21. The molecule has 1 saturated heterocycles. The van der Waals surface area contributed by atoms with E-state index in [0.29, 0.717) is 67.3 Å². The van der Waals surface area contributed by atoms with Crippen molar-refractivity contribution in [2.45, 2.75) is 53.3 Å². The van der Waals surface area contributed by atoms with Crippen LogP contribution in [0.25, 0.3) is 11.0 Å². The van der Waals surface area contributed by atoms with Crippen LogP contribution in [0.5, 0.6) is 0 Å². The number of carbonyl (C=O) groups is 2. The number of aromatic nitrogens is 3. The Labute approximate surface area is 227 Å². The molecule has 0 unspecified atom stereocenters. The predicted octanol–water partition coefficient (Wildman–Crippen LogP) is 3.40. The van der Waals surface area contributed by atoms with Crippen molar-refractivity contribution in [1.29, 1.82) is 0 Å². The van der Waals surface area contributed by atoms with Crippen LogP contribution in [0.15, 0.2) is 28.7 Å². The first-order chi connectivity index (χ1) is 18.5. The van der Waals surface area contributed by atoms with Crippen molar-refractivity contribution in [2.24, 2.45) is 5.73 Å². The zero-order valence-corrected chi connectivity index (χ0v) is 23.2. The molecule has 210 valence electrons. The summed E-state index contributed by atoms with van der Waals surface area (Å²) < 4.78 is 18.5. The number of imidazole rings is 1. The van der Waals surface area contributed by atoms with Crippen molar-refractivity contribution in [3.8, 4) is 0 Å². The monoisotopic (exact) mass is 539 g/mol. The van der Waals surface area contributed by atoms with Crippen LogP contribution < -0.4 is 16.4 Å². The lowest BCUT2D eigenvalue weighted by atomic mass is 10.1. The third-order valence-corrected chi connectivity index (χ3v) is 6.05. The van der Waals surface area contributed by atoms with Crippen LogP contribution in [-0.2, 0) is 22.6 Å². The molecule has 3 heterocycles. The molecule has 0 saturated carbocycles. The van der Waals surface area contributed by atoms with Gasteiger partial charge in [-0.2, -0.15) is 0 Å². The number of aryl methyl sites for hydroxylation is 2. The number of hydrogen-bond donors (Lipinski definition) is 3. The Balaban J connectivity index is 1.67. The van der Waals surface area contributed by atoms with Crippen LogP contribution in [0, 0.1) is 13.8 Å². The standard InChI is InChI=1S/C27H37N7O5/c1-17-24(38-18(2)30-17)32-25-31-21-15-19(23(28)35)14-20(16-33-10-12-37-13-11-33)22(21)34(25)9-7-6-8-29-26(36)39-27(3,4)5/h6-7,14-15H,8-13,16H2,1-5H3,(H2,28,35)(H,29,36)(H,31,32)/b7-6+. The van der Waals surface area contributed by atoms with E-state index in [4.69, 9.17) is 24.6 Å². The number of allylic oxidation sites excluding steroid dienone is 1. The second-order valence-corrected chi connectivity index (χ2v) is 10.4. The topological polar surface area (TPSA) is 150 Å². The van der Waals surface area contributed by atoms with E-state index >= 15 is 0 Å². The summed E-state index contributed by atoms with van der Waals surface area (Å²) in [7, 11) is 0. The lowest BCUT2D eigenvalue weighted by Gasteiger charge is -2.27. The molecule has 4 N–H and O–H groups in total. The third kappa shape index (κ3) is 7.36. The van der Waals surface area contributed by atoms with Gasteiger partial charge in [0.05, 0.1) is 24.2 Å². The molecular weight excluding hydrogens is 502 g/mol. The fraction of sp³-hybridized carbons (Fsp3) is 0.481. The first-order valence-electron chi connectivity index (χ1n) is 13.0. The number of hydrogen-bond acceptors (Lipinski definition) is 9. The number of carbonyl (C=O) groups excluding carboxylic acids is 2. The fourth-order valence-corrected chi connectivity index (χ4v) is 4.36. The zero-order valence-electron chi connectivity index (χ0n) is 23.2. The summed E-state index contributed by atoms with van der Waals surface area (Å²) in [6.07, 6.45) is 3.30. The number of morpholine rings is 1. The van der Waals surface area contributed by atoms with Gasteiger partial charge in [0.25, 0.3) is 0 Å². The van der Waals surface area contributed by atoms with Crippen LogP contribution in [0.1, 0.15) is 48.3 Å². The molecular formula is C27H37N7O5. The second-order valence-electron chi connectivity index (χ2n) is 10.4. The lowest BCUT2D eigenvalue weighted by Crippen LogP contribution is -2.35. The number of amides is 2. The normalized spacial score (nSPS) is 14.7. The summed E-state index contributed by atoms with van der Waals surface area (Å²) in [4.78, 5) is 35.6. The number of benzene rings is 1. The molecule has 0 spiro atoms. The van der Waals surface area contributed by atoms with Gasteiger partial charge in [0, 0.05) is 45.2 Å². The quantitative estimate of drug-likeness (QED) is 0.348. The number of rotatable bonds is 9. The molecule has 4 rings (SSSR count). The van der Waals surface area contributed by atoms with Crippen molar-refractivity contribution in [1.82, 2.24) is 24.8 Å². The SMILES string of the molecule is Cc1nc(C)c(Nc2nc3cc(C(N)=O)cc(CN4CCOCC4)c3n2C/C=C/CNC(=O)OC(C)(C)C)o1. The molecule has 0 aliphatic carbocycles. The molecule has 0 bridgehead atoms. The van der Waals surface area contributed by atoms with Crippen molar-refractivity contribution in [2.75, 3.05) is 38.2 Å². The summed E-state index contributed by atoms with van der Waals surface area (Å²) in [6, 6.07) is 3.54. The molecule has 2 amide bonds. The molecule has 0 radical (unpaired) electrons. The molecule has 1 fully saturated rings. The number of nitrogens with two attached hydrogens (primary N) is 1. The van der Waals surface area contributed by atoms with Crippen molar-refractivity contribution in [3.63, 3.8) is 0 Å². The van der Waals surface area contributed by atoms with Gasteiger partial charge in [0.2, 0.25) is 17.7 Å². The van der Waals surface area contributed by atoms with E-state index in [2.05, 4.69) is 20.5 Å². The van der Waals surface area contributed by atoms with E-state index < -0.39 is 17.6 Å². The molecule has 1 aliphatic heterocycles. The number of ether oxygens (including phenoxy) is 2. The number of oxazole rings is 1. The molecule has 12 nitrogen and oxygen atoms in total. The zero-order chi connectivity index (χ0) is 28.2. The number of fused-ring (bicyclic) bond motifs is 1. The second kappa shape index (κ2) is 11.9. The third-order valence-electron chi connectivity index (χ3n) is 6.05. The van der Waals surface area contributed by atoms with E-state index in [9.17, 15) is 9.59 Å². The Morgan fingerprint density at radius 1 is 1.15 bits per heavy atom. The number of primary amides is 1. The Hall–Kier alpha value is -3.90. The van der Waals surface area contributed by atoms with E-state index in [-0.39, 0.29) is 0 Å².